The summed E-state index contributed by atoms with van der Waals surface area (Å²) in [4.78, 5) is 7.92. The number of aryl methyl sites for hydroxylation is 1. The normalized spacial score (nSPS) is 13.0. The molecule has 0 fully saturated rings. The summed E-state index contributed by atoms with van der Waals surface area (Å²) in [6, 6.07) is 4.53. The Morgan fingerprint density at radius 3 is 2.30 bits per heavy atom. The van der Waals surface area contributed by atoms with Gasteiger partial charge in [0.15, 0.2) is 11.5 Å². The van der Waals surface area contributed by atoms with Crippen LogP contribution in [0.25, 0.3) is 28.2 Å². The van der Waals surface area contributed by atoms with Gasteiger partial charge in [-0.25, -0.2) is 14.5 Å². The molecule has 4 aromatic heterocycles. The molecule has 4 rings (SSSR count). The largest absolute Gasteiger partial charge is 0.417 e. The Labute approximate surface area is 146 Å². The third-order valence-electron chi connectivity index (χ3n) is 4.05. The summed E-state index contributed by atoms with van der Waals surface area (Å²) in [5.74, 6) is 0.189. The molecule has 0 unspecified atom stereocenters. The molecule has 4 aromatic rings. The second-order valence-corrected chi connectivity index (χ2v) is 5.87. The van der Waals surface area contributed by atoms with Crippen molar-refractivity contribution in [2.24, 2.45) is 7.05 Å². The van der Waals surface area contributed by atoms with Crippen molar-refractivity contribution in [1.29, 1.82) is 0 Å². The highest BCUT2D eigenvalue weighted by molar-refractivity contribution is 5.77. The Bertz CT molecular complexity index is 1170. The molecule has 0 amide bonds. The lowest BCUT2D eigenvalue weighted by atomic mass is 10.2. The molecule has 27 heavy (non-hydrogen) atoms. The van der Waals surface area contributed by atoms with Crippen molar-refractivity contribution in [3.63, 3.8) is 0 Å². The molecule has 0 aromatic carbocycles. The van der Waals surface area contributed by atoms with Crippen molar-refractivity contribution >= 4 is 16.7 Å². The van der Waals surface area contributed by atoms with E-state index in [2.05, 4.69) is 15.1 Å². The molecule has 0 aliphatic rings. The Kier molecular flexibility index (Phi) is 3.49. The molecule has 0 aliphatic carbocycles. The fourth-order valence-electron chi connectivity index (χ4n) is 2.72. The van der Waals surface area contributed by atoms with Crippen molar-refractivity contribution in [3.8, 4) is 11.5 Å². The van der Waals surface area contributed by atoms with E-state index in [-0.39, 0.29) is 22.7 Å². The number of halogens is 6. The van der Waals surface area contributed by atoms with E-state index >= 15 is 0 Å². The maximum atomic E-state index is 12.8. The Morgan fingerprint density at radius 2 is 1.63 bits per heavy atom. The van der Waals surface area contributed by atoms with Crippen LogP contribution in [0.15, 0.2) is 36.7 Å². The van der Waals surface area contributed by atoms with E-state index < -0.39 is 23.5 Å². The fraction of sp³-hybridized carbons (Fsp3) is 0.188. The second-order valence-electron chi connectivity index (χ2n) is 5.87. The molecule has 0 atom stereocenters. The Hall–Kier alpha value is -3.11. The number of imidazole rings is 1. The highest BCUT2D eigenvalue weighted by Gasteiger charge is 2.32. The van der Waals surface area contributed by atoms with E-state index in [4.69, 9.17) is 0 Å². The minimum absolute atomic E-state index is 0.00959. The van der Waals surface area contributed by atoms with Crippen LogP contribution in [0.2, 0.25) is 0 Å². The summed E-state index contributed by atoms with van der Waals surface area (Å²) in [6.45, 7) is 0. The molecule has 0 radical (unpaired) electrons. The first kappa shape index (κ1) is 17.3. The van der Waals surface area contributed by atoms with E-state index in [0.717, 1.165) is 22.8 Å². The van der Waals surface area contributed by atoms with Crippen LogP contribution in [0.3, 0.4) is 0 Å². The average molecular weight is 385 g/mol. The smallest absolute Gasteiger partial charge is 0.310 e. The molecule has 0 saturated carbocycles. The van der Waals surface area contributed by atoms with Crippen LogP contribution in [0.4, 0.5) is 26.3 Å². The number of fused-ring (bicyclic) bond motifs is 2. The number of hydrogen-bond acceptors (Lipinski definition) is 3. The molecule has 5 nitrogen and oxygen atoms in total. The zero-order chi connectivity index (χ0) is 19.6. The summed E-state index contributed by atoms with van der Waals surface area (Å²) < 4.78 is 79.5. The van der Waals surface area contributed by atoms with Crippen molar-refractivity contribution < 1.29 is 26.3 Å². The van der Waals surface area contributed by atoms with Crippen molar-refractivity contribution in [2.45, 2.75) is 12.4 Å². The molecule has 140 valence electrons. The Balaban J connectivity index is 1.85. The lowest BCUT2D eigenvalue weighted by Crippen LogP contribution is -2.06. The lowest BCUT2D eigenvalue weighted by Gasteiger charge is -2.05. The van der Waals surface area contributed by atoms with Crippen LogP contribution in [0.5, 0.6) is 0 Å². The molecule has 11 heteroatoms. The van der Waals surface area contributed by atoms with E-state index in [1.807, 2.05) is 0 Å². The van der Waals surface area contributed by atoms with Crippen molar-refractivity contribution in [3.05, 3.63) is 47.8 Å². The number of rotatable bonds is 1. The molecular formula is C16H9F6N5. The van der Waals surface area contributed by atoms with E-state index in [0.29, 0.717) is 11.7 Å². The summed E-state index contributed by atoms with van der Waals surface area (Å²) in [5, 5.41) is 4.07. The number of hydrogen-bond donors (Lipinski definition) is 0. The zero-order valence-corrected chi connectivity index (χ0v) is 13.5. The van der Waals surface area contributed by atoms with Gasteiger partial charge in [-0.15, -0.1) is 0 Å². The number of aromatic nitrogens is 5. The van der Waals surface area contributed by atoms with Crippen LogP contribution in [-0.4, -0.2) is 24.1 Å². The fourth-order valence-corrected chi connectivity index (χ4v) is 2.72. The van der Waals surface area contributed by atoms with E-state index in [9.17, 15) is 26.3 Å². The predicted molar refractivity (Wildman–Crippen MR) is 82.7 cm³/mol. The van der Waals surface area contributed by atoms with E-state index in [1.54, 1.807) is 0 Å². The highest BCUT2D eigenvalue weighted by atomic mass is 19.4. The molecular weight excluding hydrogens is 376 g/mol. The maximum Gasteiger partial charge on any atom is 0.417 e. The first-order valence-corrected chi connectivity index (χ1v) is 7.51. The topological polar surface area (TPSA) is 48.0 Å². The average Bonchev–Trinajstić information content (AvgIpc) is 3.13. The summed E-state index contributed by atoms with van der Waals surface area (Å²) in [5.41, 5.74) is -1.01. The molecule has 0 bridgehead atoms. The minimum Gasteiger partial charge on any atom is -0.310 e. The van der Waals surface area contributed by atoms with Gasteiger partial charge in [0.25, 0.3) is 0 Å². The van der Waals surface area contributed by atoms with Crippen LogP contribution in [0, 0.1) is 0 Å². The SMILES string of the molecule is Cn1c(-c2cc3ccc(C(F)(F)F)cn3n2)nc2cc(C(F)(F)F)cnc21. The van der Waals surface area contributed by atoms with Gasteiger partial charge in [0, 0.05) is 19.4 Å². The number of pyridine rings is 2. The lowest BCUT2D eigenvalue weighted by molar-refractivity contribution is -0.138. The summed E-state index contributed by atoms with van der Waals surface area (Å²) in [6.07, 6.45) is -7.54. The van der Waals surface area contributed by atoms with Gasteiger partial charge in [0.2, 0.25) is 0 Å². The van der Waals surface area contributed by atoms with E-state index in [1.165, 1.54) is 23.7 Å². The van der Waals surface area contributed by atoms with Crippen LogP contribution in [-0.2, 0) is 19.4 Å². The molecule has 4 heterocycles. The summed E-state index contributed by atoms with van der Waals surface area (Å²) >= 11 is 0. The van der Waals surface area contributed by atoms with Gasteiger partial charge in [-0.1, -0.05) is 0 Å². The maximum absolute atomic E-state index is 12.8. The molecule has 0 N–H and O–H groups in total. The van der Waals surface area contributed by atoms with Crippen LogP contribution in [0.1, 0.15) is 11.1 Å². The first-order valence-electron chi connectivity index (χ1n) is 7.51. The standard InChI is InChI=1S/C16H9F6N5/c1-26-13-11(4-9(6-23-13)16(20,21)22)24-14(26)12-5-10-3-2-8(15(17,18)19)7-27(10)25-12/h2-7H,1H3. The summed E-state index contributed by atoms with van der Waals surface area (Å²) in [7, 11) is 1.54. The highest BCUT2D eigenvalue weighted by Crippen LogP contribution is 2.32. The van der Waals surface area contributed by atoms with Gasteiger partial charge >= 0.3 is 12.4 Å². The number of alkyl halides is 6. The molecule has 0 spiro atoms. The van der Waals surface area contributed by atoms with Crippen LogP contribution >= 0.6 is 0 Å². The Morgan fingerprint density at radius 1 is 0.926 bits per heavy atom. The van der Waals surface area contributed by atoms with Gasteiger partial charge < -0.3 is 4.57 Å². The molecule has 0 aliphatic heterocycles. The van der Waals surface area contributed by atoms with Gasteiger partial charge in [-0.2, -0.15) is 31.4 Å². The monoisotopic (exact) mass is 385 g/mol. The zero-order valence-electron chi connectivity index (χ0n) is 13.5. The molecule has 0 saturated heterocycles. The van der Waals surface area contributed by atoms with Crippen molar-refractivity contribution in [2.75, 3.05) is 0 Å². The quantitative estimate of drug-likeness (QED) is 0.459. The minimum atomic E-state index is -4.56. The van der Waals surface area contributed by atoms with Gasteiger partial charge in [0.05, 0.1) is 16.6 Å². The first-order chi connectivity index (χ1) is 12.5. The predicted octanol–water partition coefficient (Wildman–Crippen LogP) is 4.32. The van der Waals surface area contributed by atoms with Gasteiger partial charge in [0.1, 0.15) is 11.2 Å². The third kappa shape index (κ3) is 2.88. The van der Waals surface area contributed by atoms with Crippen LogP contribution < -0.4 is 0 Å². The van der Waals surface area contributed by atoms with Crippen molar-refractivity contribution in [1.82, 2.24) is 24.1 Å². The third-order valence-corrected chi connectivity index (χ3v) is 4.05. The second kappa shape index (κ2) is 5.44. The number of nitrogens with zero attached hydrogens (tertiary/aromatic N) is 5. The van der Waals surface area contributed by atoms with Gasteiger partial charge in [-0.05, 0) is 24.3 Å². The van der Waals surface area contributed by atoms with Gasteiger partial charge in [-0.3, -0.25) is 0 Å².